The van der Waals surface area contributed by atoms with Crippen molar-refractivity contribution in [1.82, 2.24) is 4.90 Å². The van der Waals surface area contributed by atoms with Crippen LogP contribution in [0.15, 0.2) is 18.2 Å². The van der Waals surface area contributed by atoms with Crippen LogP contribution in [0.2, 0.25) is 0 Å². The molecular weight excluding hydrogens is 285 g/mol. The number of carbonyl (C=O) groups is 1. The van der Waals surface area contributed by atoms with E-state index >= 15 is 0 Å². The number of hydrogen-bond donors (Lipinski definition) is 2. The molecule has 1 fully saturated rings. The van der Waals surface area contributed by atoms with Crippen LogP contribution in [-0.4, -0.2) is 43.8 Å². The lowest BCUT2D eigenvalue weighted by Gasteiger charge is -2.21. The van der Waals surface area contributed by atoms with Crippen LogP contribution in [0.4, 0.5) is 10.1 Å². The molecule has 1 aromatic carbocycles. The third kappa shape index (κ3) is 3.07. The number of hydrazine groups is 1. The highest BCUT2D eigenvalue weighted by molar-refractivity contribution is 7.91. The highest BCUT2D eigenvalue weighted by Crippen LogP contribution is 2.21. The van der Waals surface area contributed by atoms with Crippen LogP contribution in [0, 0.1) is 5.82 Å². The Morgan fingerprint density at radius 1 is 1.30 bits per heavy atom. The van der Waals surface area contributed by atoms with E-state index in [1.807, 2.05) is 0 Å². The monoisotopic (exact) mass is 301 g/mol. The van der Waals surface area contributed by atoms with E-state index in [0.29, 0.717) is 13.0 Å². The molecule has 0 saturated carbocycles. The summed E-state index contributed by atoms with van der Waals surface area (Å²) in [5.41, 5.74) is 2.20. The number of nitrogens with zero attached hydrogens (tertiary/aromatic N) is 1. The van der Waals surface area contributed by atoms with Gasteiger partial charge in [0.05, 0.1) is 22.8 Å². The number of sulfone groups is 1. The van der Waals surface area contributed by atoms with Crippen LogP contribution in [-0.2, 0) is 9.84 Å². The van der Waals surface area contributed by atoms with Gasteiger partial charge in [0.1, 0.15) is 5.82 Å². The van der Waals surface area contributed by atoms with E-state index in [0.717, 1.165) is 0 Å². The molecule has 1 amide bonds. The molecule has 3 N–H and O–H groups in total. The number of benzene rings is 1. The third-order valence-corrected chi connectivity index (χ3v) is 4.95. The number of anilines is 1. The SMILES string of the molecule is NNc1c(F)cccc1C(=O)N1CCCS(=O)(=O)CC1. The summed E-state index contributed by atoms with van der Waals surface area (Å²) in [7, 11) is -3.10. The van der Waals surface area contributed by atoms with Crippen LogP contribution >= 0.6 is 0 Å². The molecule has 1 saturated heterocycles. The van der Waals surface area contributed by atoms with Crippen LogP contribution in [0.3, 0.4) is 0 Å². The van der Waals surface area contributed by atoms with E-state index in [9.17, 15) is 17.6 Å². The van der Waals surface area contributed by atoms with Crippen LogP contribution in [0.25, 0.3) is 0 Å². The number of para-hydroxylation sites is 1. The van der Waals surface area contributed by atoms with Gasteiger partial charge in [-0.15, -0.1) is 0 Å². The molecule has 1 aromatic rings. The third-order valence-electron chi connectivity index (χ3n) is 3.23. The van der Waals surface area contributed by atoms with E-state index in [-0.39, 0.29) is 29.3 Å². The van der Waals surface area contributed by atoms with Gasteiger partial charge in [-0.05, 0) is 18.6 Å². The Balaban J connectivity index is 2.26. The Hall–Kier alpha value is -1.67. The quantitative estimate of drug-likeness (QED) is 0.608. The van der Waals surface area contributed by atoms with Gasteiger partial charge < -0.3 is 10.3 Å². The molecule has 0 unspecified atom stereocenters. The number of nitrogens with two attached hydrogens (primary N) is 1. The van der Waals surface area contributed by atoms with Gasteiger partial charge in [-0.3, -0.25) is 10.6 Å². The predicted molar refractivity (Wildman–Crippen MR) is 73.4 cm³/mol. The summed E-state index contributed by atoms with van der Waals surface area (Å²) in [6, 6.07) is 4.07. The van der Waals surface area contributed by atoms with Gasteiger partial charge >= 0.3 is 0 Å². The molecule has 110 valence electrons. The zero-order chi connectivity index (χ0) is 14.8. The number of nitrogen functional groups attached to an aromatic ring is 1. The normalized spacial score (nSPS) is 18.4. The summed E-state index contributed by atoms with van der Waals surface area (Å²) < 4.78 is 36.6. The Bertz CT molecular complexity index is 618. The van der Waals surface area contributed by atoms with E-state index < -0.39 is 21.6 Å². The molecule has 0 aliphatic carbocycles. The molecule has 0 atom stereocenters. The Morgan fingerprint density at radius 2 is 2.05 bits per heavy atom. The van der Waals surface area contributed by atoms with Crippen LogP contribution in [0.5, 0.6) is 0 Å². The molecule has 20 heavy (non-hydrogen) atoms. The molecule has 0 spiro atoms. The maximum absolute atomic E-state index is 13.6. The highest BCUT2D eigenvalue weighted by atomic mass is 32.2. The predicted octanol–water partition coefficient (Wildman–Crippen LogP) is 0.372. The van der Waals surface area contributed by atoms with Crippen molar-refractivity contribution in [2.24, 2.45) is 5.84 Å². The molecule has 1 aliphatic rings. The number of halogens is 1. The van der Waals surface area contributed by atoms with Crippen LogP contribution in [0.1, 0.15) is 16.8 Å². The molecule has 2 rings (SSSR count). The van der Waals surface area contributed by atoms with Crippen molar-refractivity contribution in [3.05, 3.63) is 29.6 Å². The zero-order valence-corrected chi connectivity index (χ0v) is 11.6. The second-order valence-corrected chi connectivity index (χ2v) is 6.91. The van der Waals surface area contributed by atoms with Gasteiger partial charge in [0.2, 0.25) is 0 Å². The van der Waals surface area contributed by atoms with Gasteiger partial charge in [-0.2, -0.15) is 0 Å². The average Bonchev–Trinajstić information content (AvgIpc) is 2.58. The topological polar surface area (TPSA) is 92.5 Å². The summed E-state index contributed by atoms with van der Waals surface area (Å²) in [5.74, 6) is 4.19. The lowest BCUT2D eigenvalue weighted by molar-refractivity contribution is 0.0769. The van der Waals surface area contributed by atoms with Gasteiger partial charge in [0.15, 0.2) is 9.84 Å². The first-order valence-corrected chi connectivity index (χ1v) is 8.01. The largest absolute Gasteiger partial charge is 0.338 e. The van der Waals surface area contributed by atoms with Gasteiger partial charge in [0.25, 0.3) is 5.91 Å². The number of carbonyl (C=O) groups excluding carboxylic acids is 1. The minimum Gasteiger partial charge on any atom is -0.338 e. The van der Waals surface area contributed by atoms with Gasteiger partial charge in [-0.1, -0.05) is 6.07 Å². The second-order valence-electron chi connectivity index (χ2n) is 4.60. The van der Waals surface area contributed by atoms with Crippen molar-refractivity contribution in [2.45, 2.75) is 6.42 Å². The number of hydrogen-bond acceptors (Lipinski definition) is 5. The average molecular weight is 301 g/mol. The first-order chi connectivity index (χ1) is 9.44. The minimum atomic E-state index is -3.10. The number of amides is 1. The Kier molecular flexibility index (Phi) is 4.24. The van der Waals surface area contributed by atoms with E-state index in [2.05, 4.69) is 5.43 Å². The lowest BCUT2D eigenvalue weighted by atomic mass is 10.1. The second kappa shape index (κ2) is 5.76. The summed E-state index contributed by atoms with van der Waals surface area (Å²) >= 11 is 0. The maximum atomic E-state index is 13.6. The highest BCUT2D eigenvalue weighted by Gasteiger charge is 2.25. The zero-order valence-electron chi connectivity index (χ0n) is 10.8. The summed E-state index contributed by atoms with van der Waals surface area (Å²) in [6.45, 7) is 0.445. The summed E-state index contributed by atoms with van der Waals surface area (Å²) in [6.07, 6.45) is 0.384. The van der Waals surface area contributed by atoms with Crippen molar-refractivity contribution >= 4 is 21.4 Å². The van der Waals surface area contributed by atoms with Gasteiger partial charge in [-0.25, -0.2) is 12.8 Å². The van der Waals surface area contributed by atoms with E-state index in [1.54, 1.807) is 0 Å². The minimum absolute atomic E-state index is 0.0700. The van der Waals surface area contributed by atoms with Gasteiger partial charge in [0, 0.05) is 13.1 Å². The summed E-state index contributed by atoms with van der Waals surface area (Å²) in [5, 5.41) is 0. The first kappa shape index (κ1) is 14.7. The van der Waals surface area contributed by atoms with Crippen LogP contribution < -0.4 is 11.3 Å². The van der Waals surface area contributed by atoms with Crippen molar-refractivity contribution in [3.8, 4) is 0 Å². The smallest absolute Gasteiger partial charge is 0.256 e. The van der Waals surface area contributed by atoms with Crippen molar-refractivity contribution < 1.29 is 17.6 Å². The first-order valence-electron chi connectivity index (χ1n) is 6.19. The fourth-order valence-corrected chi connectivity index (χ4v) is 3.43. The molecule has 1 heterocycles. The van der Waals surface area contributed by atoms with Crippen molar-refractivity contribution in [3.63, 3.8) is 0 Å². The molecule has 8 heteroatoms. The standard InChI is InChI=1S/C12H16FN3O3S/c13-10-4-1-3-9(11(10)15-14)12(17)16-5-2-7-20(18,19)8-6-16/h1,3-4,15H,2,5-8,14H2. The summed E-state index contributed by atoms with van der Waals surface area (Å²) in [4.78, 5) is 13.8. The van der Waals surface area contributed by atoms with Crippen molar-refractivity contribution in [1.29, 1.82) is 0 Å². The molecular formula is C12H16FN3O3S. The Morgan fingerprint density at radius 3 is 2.75 bits per heavy atom. The Labute approximate surface area is 116 Å². The maximum Gasteiger partial charge on any atom is 0.256 e. The molecule has 0 radical (unpaired) electrons. The molecule has 1 aliphatic heterocycles. The molecule has 0 bridgehead atoms. The van der Waals surface area contributed by atoms with E-state index in [1.165, 1.54) is 23.1 Å². The van der Waals surface area contributed by atoms with Crippen molar-refractivity contribution in [2.75, 3.05) is 30.0 Å². The number of nitrogens with one attached hydrogen (secondary N) is 1. The fourth-order valence-electron chi connectivity index (χ4n) is 2.16. The molecule has 6 nitrogen and oxygen atoms in total. The van der Waals surface area contributed by atoms with E-state index in [4.69, 9.17) is 5.84 Å². The molecule has 0 aromatic heterocycles. The fraction of sp³-hybridized carbons (Fsp3) is 0.417. The number of rotatable bonds is 2. The lowest BCUT2D eigenvalue weighted by Crippen LogP contribution is -2.34.